The minimum absolute atomic E-state index is 0.00102. The topological polar surface area (TPSA) is 34.9 Å². The Kier molecular flexibility index (Phi) is 2.41. The number of aromatic nitrogens is 2. The molecule has 0 N–H and O–H groups in total. The Morgan fingerprint density at radius 3 is 2.67 bits per heavy atom. The number of hydrogen-bond donors (Lipinski definition) is 0. The van der Waals surface area contributed by atoms with Gasteiger partial charge in [-0.15, -0.1) is 0 Å². The summed E-state index contributed by atoms with van der Waals surface area (Å²) in [4.78, 5) is 11.6. The molecule has 0 bridgehead atoms. The summed E-state index contributed by atoms with van der Waals surface area (Å²) in [6.07, 6.45) is 4.61. The zero-order valence-electron chi connectivity index (χ0n) is 9.66. The molecule has 1 aromatic rings. The van der Waals surface area contributed by atoms with Crippen LogP contribution in [0.1, 0.15) is 51.8 Å². The molecule has 0 aliphatic heterocycles. The number of rotatable bonds is 1. The molecule has 1 aromatic heterocycles. The molecule has 0 aromatic carbocycles. The van der Waals surface area contributed by atoms with Crippen LogP contribution >= 0.6 is 0 Å². The Morgan fingerprint density at radius 1 is 1.47 bits per heavy atom. The molecule has 1 heterocycles. The Balaban J connectivity index is 2.24. The Morgan fingerprint density at radius 2 is 2.20 bits per heavy atom. The van der Waals surface area contributed by atoms with E-state index in [0.29, 0.717) is 5.78 Å². The smallest absolute Gasteiger partial charge is 0.157 e. The van der Waals surface area contributed by atoms with Gasteiger partial charge in [-0.1, -0.05) is 20.8 Å². The lowest BCUT2D eigenvalue weighted by Crippen LogP contribution is -2.17. The summed E-state index contributed by atoms with van der Waals surface area (Å²) < 4.78 is 1.84. The maximum absolute atomic E-state index is 11.6. The molecule has 1 atom stereocenters. The van der Waals surface area contributed by atoms with Crippen LogP contribution in [0.5, 0.6) is 0 Å². The van der Waals surface area contributed by atoms with Gasteiger partial charge in [-0.25, -0.2) is 0 Å². The SMILES string of the molecule is CC(C)(C)c1ccn(C2CCCC2=O)n1. The Hall–Kier alpha value is -1.12. The average Bonchev–Trinajstić information content (AvgIpc) is 2.69. The fraction of sp³-hybridized carbons (Fsp3) is 0.667. The van der Waals surface area contributed by atoms with Gasteiger partial charge in [0.15, 0.2) is 5.78 Å². The summed E-state index contributed by atoms with van der Waals surface area (Å²) in [5.74, 6) is 0.332. The first-order valence-electron chi connectivity index (χ1n) is 5.57. The number of ketones is 1. The fourth-order valence-corrected chi connectivity index (χ4v) is 1.99. The summed E-state index contributed by atoms with van der Waals surface area (Å²) in [5.41, 5.74) is 1.12. The summed E-state index contributed by atoms with van der Waals surface area (Å²) in [7, 11) is 0. The average molecular weight is 206 g/mol. The van der Waals surface area contributed by atoms with Crippen LogP contribution in [0.4, 0.5) is 0 Å². The van der Waals surface area contributed by atoms with Crippen LogP contribution in [0, 0.1) is 0 Å². The van der Waals surface area contributed by atoms with Crippen molar-refractivity contribution in [3.8, 4) is 0 Å². The summed E-state index contributed by atoms with van der Waals surface area (Å²) in [6, 6.07) is 2.02. The van der Waals surface area contributed by atoms with Gasteiger partial charge in [0, 0.05) is 18.0 Å². The van der Waals surface area contributed by atoms with Gasteiger partial charge >= 0.3 is 0 Å². The molecule has 2 rings (SSSR count). The summed E-state index contributed by atoms with van der Waals surface area (Å²) >= 11 is 0. The van der Waals surface area contributed by atoms with E-state index in [1.54, 1.807) is 0 Å². The summed E-state index contributed by atoms with van der Waals surface area (Å²) in [6.45, 7) is 6.41. The van der Waals surface area contributed by atoms with Crippen LogP contribution in [0.2, 0.25) is 0 Å². The first-order chi connectivity index (χ1) is 6.98. The van der Waals surface area contributed by atoms with E-state index in [4.69, 9.17) is 0 Å². The van der Waals surface area contributed by atoms with Gasteiger partial charge in [0.1, 0.15) is 6.04 Å². The zero-order chi connectivity index (χ0) is 11.1. The van der Waals surface area contributed by atoms with Crippen LogP contribution in [-0.2, 0) is 10.2 Å². The van der Waals surface area contributed by atoms with Crippen LogP contribution in [-0.4, -0.2) is 15.6 Å². The molecule has 3 heteroatoms. The van der Waals surface area contributed by atoms with E-state index in [2.05, 4.69) is 25.9 Å². The van der Waals surface area contributed by atoms with Gasteiger partial charge in [-0.05, 0) is 18.9 Å². The fourth-order valence-electron chi connectivity index (χ4n) is 1.99. The normalized spacial score (nSPS) is 22.3. The number of Topliss-reactive ketones (excluding diaryl/α,β-unsaturated/α-hetero) is 1. The molecule has 1 aliphatic carbocycles. The van der Waals surface area contributed by atoms with Gasteiger partial charge in [-0.2, -0.15) is 5.10 Å². The summed E-state index contributed by atoms with van der Waals surface area (Å²) in [5, 5.41) is 4.51. The van der Waals surface area contributed by atoms with Crippen molar-refractivity contribution >= 4 is 5.78 Å². The second-order valence-corrected chi connectivity index (χ2v) is 5.31. The lowest BCUT2D eigenvalue weighted by atomic mass is 9.93. The lowest BCUT2D eigenvalue weighted by molar-refractivity contribution is -0.120. The maximum Gasteiger partial charge on any atom is 0.157 e. The van der Waals surface area contributed by atoms with Crippen molar-refractivity contribution in [1.82, 2.24) is 9.78 Å². The molecule has 1 aliphatic rings. The predicted octanol–water partition coefficient (Wildman–Crippen LogP) is 2.47. The van der Waals surface area contributed by atoms with Crippen LogP contribution in [0.3, 0.4) is 0 Å². The maximum atomic E-state index is 11.6. The highest BCUT2D eigenvalue weighted by atomic mass is 16.1. The highest BCUT2D eigenvalue weighted by Gasteiger charge is 2.27. The number of hydrogen-bond acceptors (Lipinski definition) is 2. The second kappa shape index (κ2) is 3.47. The number of carbonyl (C=O) groups is 1. The van der Waals surface area contributed by atoms with E-state index < -0.39 is 0 Å². The van der Waals surface area contributed by atoms with Gasteiger partial charge in [0.25, 0.3) is 0 Å². The second-order valence-electron chi connectivity index (χ2n) is 5.31. The Bertz CT molecular complexity index is 373. The molecule has 1 unspecified atom stereocenters. The van der Waals surface area contributed by atoms with E-state index in [-0.39, 0.29) is 11.5 Å². The molecule has 0 radical (unpaired) electrons. The molecule has 15 heavy (non-hydrogen) atoms. The quantitative estimate of drug-likeness (QED) is 0.707. The first-order valence-corrected chi connectivity index (χ1v) is 5.57. The minimum Gasteiger partial charge on any atom is -0.297 e. The van der Waals surface area contributed by atoms with Crippen molar-refractivity contribution < 1.29 is 4.79 Å². The first kappa shape index (κ1) is 10.4. The van der Waals surface area contributed by atoms with E-state index in [1.165, 1.54) is 0 Å². The molecule has 0 amide bonds. The molecule has 82 valence electrons. The van der Waals surface area contributed by atoms with Crippen molar-refractivity contribution in [2.24, 2.45) is 0 Å². The zero-order valence-corrected chi connectivity index (χ0v) is 9.66. The third-order valence-corrected chi connectivity index (χ3v) is 2.97. The van der Waals surface area contributed by atoms with E-state index in [9.17, 15) is 4.79 Å². The molecule has 0 spiro atoms. The monoisotopic (exact) mass is 206 g/mol. The van der Waals surface area contributed by atoms with Crippen molar-refractivity contribution in [2.45, 2.75) is 51.5 Å². The van der Waals surface area contributed by atoms with Crippen molar-refractivity contribution in [3.05, 3.63) is 18.0 Å². The van der Waals surface area contributed by atoms with Gasteiger partial charge in [-0.3, -0.25) is 9.48 Å². The van der Waals surface area contributed by atoms with Gasteiger partial charge in [0.05, 0.1) is 5.69 Å². The largest absolute Gasteiger partial charge is 0.297 e. The van der Waals surface area contributed by atoms with Crippen molar-refractivity contribution in [1.29, 1.82) is 0 Å². The minimum atomic E-state index is 0.00102. The number of carbonyl (C=O) groups excluding carboxylic acids is 1. The molecule has 0 saturated heterocycles. The highest BCUT2D eigenvalue weighted by molar-refractivity contribution is 5.84. The molecular weight excluding hydrogens is 188 g/mol. The van der Waals surface area contributed by atoms with Crippen molar-refractivity contribution in [3.63, 3.8) is 0 Å². The van der Waals surface area contributed by atoms with Crippen LogP contribution in [0.15, 0.2) is 12.3 Å². The van der Waals surface area contributed by atoms with Crippen LogP contribution in [0.25, 0.3) is 0 Å². The van der Waals surface area contributed by atoms with E-state index in [1.807, 2.05) is 16.9 Å². The third kappa shape index (κ3) is 1.96. The van der Waals surface area contributed by atoms with Crippen molar-refractivity contribution in [2.75, 3.05) is 0 Å². The molecule has 3 nitrogen and oxygen atoms in total. The Labute approximate surface area is 90.5 Å². The van der Waals surface area contributed by atoms with Gasteiger partial charge in [0.2, 0.25) is 0 Å². The lowest BCUT2D eigenvalue weighted by Gasteiger charge is -2.15. The van der Waals surface area contributed by atoms with Crippen LogP contribution < -0.4 is 0 Å². The van der Waals surface area contributed by atoms with E-state index in [0.717, 1.165) is 25.0 Å². The standard InChI is InChI=1S/C12H18N2O/c1-12(2,3)11-7-8-14(13-11)9-5-4-6-10(9)15/h7-9H,4-6H2,1-3H3. The van der Waals surface area contributed by atoms with Gasteiger partial charge < -0.3 is 0 Å². The number of nitrogens with zero attached hydrogens (tertiary/aromatic N) is 2. The molecule has 1 saturated carbocycles. The third-order valence-electron chi connectivity index (χ3n) is 2.97. The van der Waals surface area contributed by atoms with E-state index >= 15 is 0 Å². The molecular formula is C12H18N2O. The molecule has 1 fully saturated rings. The highest BCUT2D eigenvalue weighted by Crippen LogP contribution is 2.27. The predicted molar refractivity (Wildman–Crippen MR) is 58.8 cm³/mol.